The fourth-order valence-electron chi connectivity index (χ4n) is 1.73. The number of nitrogens with zero attached hydrogens (tertiary/aromatic N) is 2. The Morgan fingerprint density at radius 1 is 1.50 bits per heavy atom. The fourth-order valence-corrected chi connectivity index (χ4v) is 1.73. The molecule has 0 fully saturated rings. The van der Waals surface area contributed by atoms with E-state index in [4.69, 9.17) is 10.5 Å². The van der Waals surface area contributed by atoms with Gasteiger partial charge in [0.1, 0.15) is 5.75 Å². The number of likely N-dealkylation sites (N-methyl/N-ethyl adjacent to an activating group) is 1. The second-order valence-electron chi connectivity index (χ2n) is 4.25. The highest BCUT2D eigenvalue weighted by molar-refractivity contribution is 5.77. The Bertz CT molecular complexity index is 404. The van der Waals surface area contributed by atoms with Gasteiger partial charge in [-0.05, 0) is 31.8 Å². The van der Waals surface area contributed by atoms with Crippen molar-refractivity contribution in [3.63, 3.8) is 0 Å². The molecule has 0 saturated carbocycles. The minimum Gasteiger partial charge on any atom is -0.497 e. The first-order chi connectivity index (χ1) is 8.58. The van der Waals surface area contributed by atoms with E-state index in [1.165, 1.54) is 5.56 Å². The van der Waals surface area contributed by atoms with E-state index in [-0.39, 0.29) is 6.04 Å². The number of nitrogens with two attached hydrogens (primary N) is 1. The lowest BCUT2D eigenvalue weighted by Gasteiger charge is -2.25. The van der Waals surface area contributed by atoms with E-state index in [1.54, 1.807) is 14.2 Å². The Balaban J connectivity index is 2.83. The van der Waals surface area contributed by atoms with Gasteiger partial charge in [-0.3, -0.25) is 4.99 Å². The van der Waals surface area contributed by atoms with Crippen molar-refractivity contribution in [2.24, 2.45) is 10.7 Å². The molecule has 1 rings (SSSR count). The maximum atomic E-state index is 5.65. The Labute approximate surface area is 109 Å². The molecule has 1 unspecified atom stereocenters. The maximum Gasteiger partial charge on any atom is 0.188 e. The van der Waals surface area contributed by atoms with Crippen molar-refractivity contribution in [2.45, 2.75) is 6.04 Å². The van der Waals surface area contributed by atoms with Crippen molar-refractivity contribution >= 4 is 5.96 Å². The van der Waals surface area contributed by atoms with Crippen LogP contribution >= 0.6 is 0 Å². The SMILES string of the molecule is CN=C(N)NCC(c1cccc(OC)c1)N(C)C. The summed E-state index contributed by atoms with van der Waals surface area (Å²) in [5.74, 6) is 1.31. The second-order valence-corrected chi connectivity index (χ2v) is 4.25. The van der Waals surface area contributed by atoms with Crippen LogP contribution in [-0.2, 0) is 0 Å². The van der Waals surface area contributed by atoms with Gasteiger partial charge < -0.3 is 20.7 Å². The molecule has 0 spiro atoms. The van der Waals surface area contributed by atoms with E-state index < -0.39 is 0 Å². The monoisotopic (exact) mass is 250 g/mol. The molecular weight excluding hydrogens is 228 g/mol. The standard InChI is InChI=1S/C13H22N4O/c1-15-13(14)16-9-12(17(2)3)10-6-5-7-11(8-10)18-4/h5-8,12H,9H2,1-4H3,(H3,14,15,16). The highest BCUT2D eigenvalue weighted by Crippen LogP contribution is 2.21. The number of methoxy groups -OCH3 is 1. The summed E-state index contributed by atoms with van der Waals surface area (Å²) in [6.45, 7) is 0.698. The molecule has 3 N–H and O–H groups in total. The lowest BCUT2D eigenvalue weighted by atomic mass is 10.1. The minimum absolute atomic E-state index is 0.209. The van der Waals surface area contributed by atoms with Crippen LogP contribution in [0.3, 0.4) is 0 Å². The second kappa shape index (κ2) is 6.86. The average molecular weight is 250 g/mol. The van der Waals surface area contributed by atoms with Crippen molar-refractivity contribution < 1.29 is 4.74 Å². The van der Waals surface area contributed by atoms with Crippen molar-refractivity contribution in [3.05, 3.63) is 29.8 Å². The van der Waals surface area contributed by atoms with E-state index in [1.807, 2.05) is 32.3 Å². The molecule has 0 aliphatic heterocycles. The number of benzene rings is 1. The summed E-state index contributed by atoms with van der Waals surface area (Å²) in [4.78, 5) is 6.02. The van der Waals surface area contributed by atoms with Crippen LogP contribution in [0.1, 0.15) is 11.6 Å². The summed E-state index contributed by atoms with van der Waals surface area (Å²) in [7, 11) is 7.40. The van der Waals surface area contributed by atoms with Gasteiger partial charge in [-0.15, -0.1) is 0 Å². The molecule has 0 heterocycles. The molecule has 0 amide bonds. The molecule has 5 heteroatoms. The van der Waals surface area contributed by atoms with Gasteiger partial charge in [0.05, 0.1) is 13.2 Å². The van der Waals surface area contributed by atoms with Crippen LogP contribution < -0.4 is 15.8 Å². The van der Waals surface area contributed by atoms with Crippen molar-refractivity contribution in [1.82, 2.24) is 10.2 Å². The summed E-state index contributed by atoms with van der Waals surface area (Å²) in [5.41, 5.74) is 6.83. The van der Waals surface area contributed by atoms with Gasteiger partial charge in [0.2, 0.25) is 0 Å². The van der Waals surface area contributed by atoms with E-state index in [2.05, 4.69) is 21.3 Å². The maximum absolute atomic E-state index is 5.65. The third kappa shape index (κ3) is 3.92. The van der Waals surface area contributed by atoms with Gasteiger partial charge in [-0.25, -0.2) is 0 Å². The molecule has 18 heavy (non-hydrogen) atoms. The summed E-state index contributed by atoms with van der Waals surface area (Å²) in [5, 5.41) is 3.09. The zero-order chi connectivity index (χ0) is 13.5. The van der Waals surface area contributed by atoms with Gasteiger partial charge in [0.25, 0.3) is 0 Å². The van der Waals surface area contributed by atoms with Gasteiger partial charge in [-0.1, -0.05) is 12.1 Å². The topological polar surface area (TPSA) is 62.9 Å². The van der Waals surface area contributed by atoms with Crippen LogP contribution in [-0.4, -0.2) is 45.7 Å². The van der Waals surface area contributed by atoms with Gasteiger partial charge in [0, 0.05) is 13.6 Å². The smallest absolute Gasteiger partial charge is 0.188 e. The van der Waals surface area contributed by atoms with Crippen molar-refractivity contribution in [1.29, 1.82) is 0 Å². The van der Waals surface area contributed by atoms with Crippen molar-refractivity contribution in [2.75, 3.05) is 34.8 Å². The Hall–Kier alpha value is -1.75. The Morgan fingerprint density at radius 2 is 2.22 bits per heavy atom. The first-order valence-electron chi connectivity index (χ1n) is 5.85. The molecule has 1 aromatic rings. The first-order valence-corrected chi connectivity index (χ1v) is 5.85. The number of hydrogen-bond donors (Lipinski definition) is 2. The average Bonchev–Trinajstić information content (AvgIpc) is 2.38. The Kier molecular flexibility index (Phi) is 5.45. The summed E-state index contributed by atoms with van der Waals surface area (Å²) in [6.07, 6.45) is 0. The summed E-state index contributed by atoms with van der Waals surface area (Å²) >= 11 is 0. The summed E-state index contributed by atoms with van der Waals surface area (Å²) in [6, 6.07) is 8.24. The number of rotatable bonds is 5. The highest BCUT2D eigenvalue weighted by atomic mass is 16.5. The van der Waals surface area contributed by atoms with Gasteiger partial charge in [-0.2, -0.15) is 0 Å². The van der Waals surface area contributed by atoms with E-state index in [9.17, 15) is 0 Å². The van der Waals surface area contributed by atoms with E-state index in [0.29, 0.717) is 12.5 Å². The number of guanidine groups is 1. The molecule has 0 aliphatic rings. The number of hydrogen-bond acceptors (Lipinski definition) is 3. The lowest BCUT2D eigenvalue weighted by Crippen LogP contribution is -2.38. The van der Waals surface area contributed by atoms with Crippen molar-refractivity contribution in [3.8, 4) is 5.75 Å². The fraction of sp³-hybridized carbons (Fsp3) is 0.462. The third-order valence-electron chi connectivity index (χ3n) is 2.82. The number of ether oxygens (including phenoxy) is 1. The molecule has 1 atom stereocenters. The van der Waals surface area contributed by atoms with Gasteiger partial charge >= 0.3 is 0 Å². The molecule has 0 radical (unpaired) electrons. The lowest BCUT2D eigenvalue weighted by molar-refractivity contribution is 0.297. The molecule has 0 aliphatic carbocycles. The molecule has 0 bridgehead atoms. The molecule has 1 aromatic carbocycles. The highest BCUT2D eigenvalue weighted by Gasteiger charge is 2.14. The van der Waals surface area contributed by atoms with Crippen LogP contribution in [0.4, 0.5) is 0 Å². The minimum atomic E-state index is 0.209. The van der Waals surface area contributed by atoms with E-state index in [0.717, 1.165) is 5.75 Å². The molecule has 0 aromatic heterocycles. The van der Waals surface area contributed by atoms with Crippen LogP contribution in [0.25, 0.3) is 0 Å². The largest absolute Gasteiger partial charge is 0.497 e. The summed E-state index contributed by atoms with van der Waals surface area (Å²) < 4.78 is 5.24. The molecule has 5 nitrogen and oxygen atoms in total. The number of aliphatic imine (C=N–C) groups is 1. The van der Waals surface area contributed by atoms with Gasteiger partial charge in [0.15, 0.2) is 5.96 Å². The molecule has 0 saturated heterocycles. The molecular formula is C13H22N4O. The predicted molar refractivity (Wildman–Crippen MR) is 75.0 cm³/mol. The zero-order valence-corrected chi connectivity index (χ0v) is 11.5. The normalized spacial score (nSPS) is 13.5. The van der Waals surface area contributed by atoms with Crippen LogP contribution in [0.15, 0.2) is 29.3 Å². The number of nitrogens with one attached hydrogen (secondary N) is 1. The van der Waals surface area contributed by atoms with E-state index >= 15 is 0 Å². The molecule has 100 valence electrons. The quantitative estimate of drug-likeness (QED) is 0.600. The zero-order valence-electron chi connectivity index (χ0n) is 11.5. The third-order valence-corrected chi connectivity index (χ3v) is 2.82. The Morgan fingerprint density at radius 3 is 2.78 bits per heavy atom. The van der Waals surface area contributed by atoms with Crippen LogP contribution in [0, 0.1) is 0 Å². The first kappa shape index (κ1) is 14.3. The van der Waals surface area contributed by atoms with Crippen LogP contribution in [0.5, 0.6) is 5.75 Å². The van der Waals surface area contributed by atoms with Crippen LogP contribution in [0.2, 0.25) is 0 Å². The predicted octanol–water partition coefficient (Wildman–Crippen LogP) is 0.832.